The van der Waals surface area contributed by atoms with Gasteiger partial charge < -0.3 is 15.0 Å². The molecule has 0 aromatic carbocycles. The summed E-state index contributed by atoms with van der Waals surface area (Å²) >= 11 is 0. The smallest absolute Gasteiger partial charge is 0.0488 e. The maximum Gasteiger partial charge on any atom is 0.0488 e. The van der Waals surface area contributed by atoms with E-state index in [4.69, 9.17) is 4.74 Å². The Hall–Kier alpha value is -0.120. The van der Waals surface area contributed by atoms with Gasteiger partial charge in [-0.1, -0.05) is 13.3 Å². The van der Waals surface area contributed by atoms with Crippen LogP contribution in [0.3, 0.4) is 0 Å². The summed E-state index contributed by atoms with van der Waals surface area (Å²) in [5, 5.41) is 3.62. The zero-order valence-corrected chi connectivity index (χ0v) is 11.9. The van der Waals surface area contributed by atoms with Crippen molar-refractivity contribution in [2.75, 3.05) is 39.9 Å². The molecule has 1 N–H and O–H groups in total. The minimum atomic E-state index is 0.614. The first-order chi connectivity index (χ1) is 8.22. The molecular weight excluding hydrogens is 212 g/mol. The van der Waals surface area contributed by atoms with Crippen LogP contribution >= 0.6 is 0 Å². The first-order valence-corrected chi connectivity index (χ1v) is 7.17. The summed E-state index contributed by atoms with van der Waals surface area (Å²) in [5.74, 6) is 0.662. The molecule has 2 atom stereocenters. The highest BCUT2D eigenvalue weighted by Crippen LogP contribution is 2.08. The molecule has 0 aliphatic carbocycles. The number of nitrogens with zero attached hydrogens (tertiary/aromatic N) is 1. The summed E-state index contributed by atoms with van der Waals surface area (Å²) in [7, 11) is 1.78. The van der Waals surface area contributed by atoms with Gasteiger partial charge in [-0.15, -0.1) is 0 Å². The molecule has 3 heteroatoms. The largest absolute Gasteiger partial charge is 0.384 e. The average molecular weight is 242 g/mol. The van der Waals surface area contributed by atoms with Crippen molar-refractivity contribution in [2.24, 2.45) is 5.92 Å². The normalized spacial score (nSPS) is 21.4. The molecule has 102 valence electrons. The van der Waals surface area contributed by atoms with Gasteiger partial charge >= 0.3 is 0 Å². The van der Waals surface area contributed by atoms with Crippen molar-refractivity contribution in [3.8, 4) is 0 Å². The number of ether oxygens (including phenoxy) is 1. The fraction of sp³-hybridized carbons (Fsp3) is 1.00. The van der Waals surface area contributed by atoms with Crippen molar-refractivity contribution >= 4 is 0 Å². The topological polar surface area (TPSA) is 24.5 Å². The Morgan fingerprint density at radius 3 is 2.53 bits per heavy atom. The second-order valence-corrected chi connectivity index (χ2v) is 5.57. The van der Waals surface area contributed by atoms with Crippen molar-refractivity contribution in [1.29, 1.82) is 0 Å². The lowest BCUT2D eigenvalue weighted by Gasteiger charge is -2.29. The number of piperidine rings is 1. The zero-order valence-electron chi connectivity index (χ0n) is 11.9. The number of nitrogens with one attached hydrogen (secondary N) is 1. The lowest BCUT2D eigenvalue weighted by molar-refractivity contribution is 0.154. The van der Waals surface area contributed by atoms with E-state index in [0.717, 1.165) is 13.2 Å². The van der Waals surface area contributed by atoms with Crippen molar-refractivity contribution in [3.63, 3.8) is 0 Å². The van der Waals surface area contributed by atoms with Gasteiger partial charge in [-0.3, -0.25) is 0 Å². The summed E-state index contributed by atoms with van der Waals surface area (Å²) in [6.45, 7) is 10.3. The monoisotopic (exact) mass is 242 g/mol. The summed E-state index contributed by atoms with van der Waals surface area (Å²) in [4.78, 5) is 2.60. The highest BCUT2D eigenvalue weighted by atomic mass is 16.5. The molecule has 0 amide bonds. The van der Waals surface area contributed by atoms with E-state index >= 15 is 0 Å². The number of hydrogen-bond acceptors (Lipinski definition) is 3. The van der Waals surface area contributed by atoms with Gasteiger partial charge in [-0.2, -0.15) is 0 Å². The number of hydrogen-bond donors (Lipinski definition) is 1. The van der Waals surface area contributed by atoms with E-state index < -0.39 is 0 Å². The molecule has 1 aliphatic heterocycles. The van der Waals surface area contributed by atoms with E-state index in [0.29, 0.717) is 12.0 Å². The van der Waals surface area contributed by atoms with Crippen LogP contribution in [0.25, 0.3) is 0 Å². The third-order valence-electron chi connectivity index (χ3n) is 3.56. The van der Waals surface area contributed by atoms with Gasteiger partial charge in [-0.05, 0) is 51.7 Å². The predicted octanol–water partition coefficient (Wildman–Crippen LogP) is 2.12. The molecule has 0 aromatic rings. The Bertz CT molecular complexity index is 181. The quantitative estimate of drug-likeness (QED) is 0.705. The van der Waals surface area contributed by atoms with Gasteiger partial charge in [0.1, 0.15) is 0 Å². The molecule has 1 rings (SSSR count). The molecule has 1 saturated heterocycles. The maximum atomic E-state index is 5.15. The van der Waals surface area contributed by atoms with Crippen molar-refractivity contribution < 1.29 is 4.74 Å². The van der Waals surface area contributed by atoms with Crippen molar-refractivity contribution in [1.82, 2.24) is 10.2 Å². The average Bonchev–Trinajstić information content (AvgIpc) is 2.30. The molecule has 0 spiro atoms. The third-order valence-corrected chi connectivity index (χ3v) is 3.56. The molecule has 17 heavy (non-hydrogen) atoms. The second kappa shape index (κ2) is 8.90. The summed E-state index contributed by atoms with van der Waals surface area (Å²) in [6, 6.07) is 0.614. The van der Waals surface area contributed by atoms with Crippen molar-refractivity contribution in [2.45, 2.75) is 45.6 Å². The molecule has 1 heterocycles. The first-order valence-electron chi connectivity index (χ1n) is 7.17. The van der Waals surface area contributed by atoms with Gasteiger partial charge in [0, 0.05) is 26.3 Å². The van der Waals surface area contributed by atoms with E-state index in [1.165, 1.54) is 45.3 Å². The molecule has 2 unspecified atom stereocenters. The Kier molecular flexibility index (Phi) is 7.82. The SMILES string of the molecule is COCC(C)CCNC(C)CN1CCCCC1. The highest BCUT2D eigenvalue weighted by molar-refractivity contribution is 4.71. The predicted molar refractivity (Wildman–Crippen MR) is 73.4 cm³/mol. The van der Waals surface area contributed by atoms with Gasteiger partial charge in [0.25, 0.3) is 0 Å². The van der Waals surface area contributed by atoms with Gasteiger partial charge in [-0.25, -0.2) is 0 Å². The van der Waals surface area contributed by atoms with Gasteiger partial charge in [0.15, 0.2) is 0 Å². The molecule has 0 radical (unpaired) electrons. The van der Waals surface area contributed by atoms with Crippen LogP contribution in [0.5, 0.6) is 0 Å². The summed E-state index contributed by atoms with van der Waals surface area (Å²) in [6.07, 6.45) is 5.40. The zero-order chi connectivity index (χ0) is 12.5. The first kappa shape index (κ1) is 14.9. The van der Waals surface area contributed by atoms with Crippen LogP contribution in [-0.4, -0.2) is 50.8 Å². The minimum Gasteiger partial charge on any atom is -0.384 e. The minimum absolute atomic E-state index is 0.614. The Balaban J connectivity index is 2.02. The molecule has 0 aromatic heterocycles. The van der Waals surface area contributed by atoms with Crippen LogP contribution in [-0.2, 0) is 4.74 Å². The highest BCUT2D eigenvalue weighted by Gasteiger charge is 2.13. The van der Waals surface area contributed by atoms with Crippen LogP contribution < -0.4 is 5.32 Å². The number of methoxy groups -OCH3 is 1. The van der Waals surface area contributed by atoms with Crippen molar-refractivity contribution in [3.05, 3.63) is 0 Å². The number of likely N-dealkylation sites (tertiary alicyclic amines) is 1. The molecule has 0 bridgehead atoms. The standard InChI is InChI=1S/C14H30N2O/c1-13(12-17-3)7-8-15-14(2)11-16-9-5-4-6-10-16/h13-15H,4-12H2,1-3H3. The Labute approximate surface area is 107 Å². The van der Waals surface area contributed by atoms with Crippen LogP contribution in [0.4, 0.5) is 0 Å². The lowest BCUT2D eigenvalue weighted by atomic mass is 10.1. The van der Waals surface area contributed by atoms with E-state index in [-0.39, 0.29) is 0 Å². The van der Waals surface area contributed by atoms with Gasteiger partial charge in [0.2, 0.25) is 0 Å². The summed E-state index contributed by atoms with van der Waals surface area (Å²) in [5.41, 5.74) is 0. The molecule has 1 fully saturated rings. The third kappa shape index (κ3) is 7.02. The van der Waals surface area contributed by atoms with Gasteiger partial charge in [0.05, 0.1) is 0 Å². The van der Waals surface area contributed by atoms with E-state index in [2.05, 4.69) is 24.1 Å². The molecule has 3 nitrogen and oxygen atoms in total. The van der Waals surface area contributed by atoms with Crippen LogP contribution in [0.15, 0.2) is 0 Å². The van der Waals surface area contributed by atoms with Crippen LogP contribution in [0.1, 0.15) is 39.5 Å². The van der Waals surface area contributed by atoms with E-state index in [1.807, 2.05) is 0 Å². The Morgan fingerprint density at radius 1 is 1.18 bits per heavy atom. The fourth-order valence-electron chi connectivity index (χ4n) is 2.54. The maximum absolute atomic E-state index is 5.15. The number of rotatable bonds is 8. The fourth-order valence-corrected chi connectivity index (χ4v) is 2.54. The molecule has 1 aliphatic rings. The van der Waals surface area contributed by atoms with E-state index in [9.17, 15) is 0 Å². The second-order valence-electron chi connectivity index (χ2n) is 5.57. The Morgan fingerprint density at radius 2 is 1.88 bits per heavy atom. The van der Waals surface area contributed by atoms with Crippen LogP contribution in [0, 0.1) is 5.92 Å². The summed E-state index contributed by atoms with van der Waals surface area (Å²) < 4.78 is 5.15. The van der Waals surface area contributed by atoms with Crippen LogP contribution in [0.2, 0.25) is 0 Å². The molecular formula is C14H30N2O. The van der Waals surface area contributed by atoms with E-state index in [1.54, 1.807) is 7.11 Å². The molecule has 0 saturated carbocycles. The lowest BCUT2D eigenvalue weighted by Crippen LogP contribution is -2.42.